The van der Waals surface area contributed by atoms with Crippen molar-refractivity contribution in [3.05, 3.63) is 0 Å². The number of hydrogen-bond acceptors (Lipinski definition) is 6. The lowest BCUT2D eigenvalue weighted by Crippen LogP contribution is -2.06. The van der Waals surface area contributed by atoms with Crippen LogP contribution in [0.1, 0.15) is 82.1 Å². The Hall–Kier alpha value is -0.920. The largest absolute Gasteiger partial charge is 0.382 e. The first-order valence-corrected chi connectivity index (χ1v) is 11.0. The van der Waals surface area contributed by atoms with Crippen LogP contribution in [0, 0.1) is 11.3 Å². The summed E-state index contributed by atoms with van der Waals surface area (Å²) in [5.41, 5.74) is 0. The molecule has 0 aromatic heterocycles. The Morgan fingerprint density at radius 3 is 1.28 bits per heavy atom. The van der Waals surface area contributed by atoms with E-state index in [1.807, 2.05) is 33.8 Å². The van der Waals surface area contributed by atoms with Gasteiger partial charge in [0.2, 0.25) is 0 Å². The summed E-state index contributed by atoms with van der Waals surface area (Å²) in [5.74, 6) is 0. The second-order valence-electron chi connectivity index (χ2n) is 7.96. The molecule has 0 aromatic rings. The second kappa shape index (κ2) is 28.1. The molecule has 196 valence electrons. The molecule has 0 amide bonds. The third kappa shape index (κ3) is 63.0. The number of rotatable bonds is 9. The molecule has 6 nitrogen and oxygen atoms in total. The molecule has 1 aliphatic carbocycles. The first-order valence-electron chi connectivity index (χ1n) is 11.0. The first kappa shape index (κ1) is 38.3. The van der Waals surface area contributed by atoms with Gasteiger partial charge in [-0.1, -0.05) is 0 Å². The zero-order chi connectivity index (χ0) is 26.1. The summed E-state index contributed by atoms with van der Waals surface area (Å²) < 4.78 is 56.4. The van der Waals surface area contributed by atoms with Crippen LogP contribution in [0.4, 0.5) is 13.2 Å². The van der Waals surface area contributed by atoms with E-state index in [-0.39, 0.29) is 24.9 Å². The topological polar surface area (TPSA) is 69.9 Å². The quantitative estimate of drug-likeness (QED) is 0.378. The Kier molecular flexibility index (Phi) is 33.7. The molecule has 0 N–H and O–H groups in total. The summed E-state index contributed by atoms with van der Waals surface area (Å²) in [6, 6.07) is 1.88. The third-order valence-corrected chi connectivity index (χ3v) is 2.71. The van der Waals surface area contributed by atoms with Crippen molar-refractivity contribution >= 4 is 0 Å². The highest BCUT2D eigenvalue weighted by molar-refractivity contribution is 4.73. The van der Waals surface area contributed by atoms with E-state index >= 15 is 0 Å². The summed E-state index contributed by atoms with van der Waals surface area (Å²) in [7, 11) is 1.70. The van der Waals surface area contributed by atoms with Gasteiger partial charge < -0.3 is 23.7 Å². The molecule has 1 saturated carbocycles. The monoisotopic (exact) mass is 475 g/mol. The van der Waals surface area contributed by atoms with Crippen LogP contribution in [-0.2, 0) is 23.7 Å². The van der Waals surface area contributed by atoms with Gasteiger partial charge in [0.1, 0.15) is 6.61 Å². The Balaban J connectivity index is -0.000000154. The molecule has 0 heterocycles. The maximum atomic E-state index is 11.1. The Morgan fingerprint density at radius 2 is 1.22 bits per heavy atom. The number of halogens is 3. The number of ether oxygens (including phenoxy) is 5. The van der Waals surface area contributed by atoms with Crippen LogP contribution in [0.25, 0.3) is 0 Å². The molecule has 0 radical (unpaired) electrons. The zero-order valence-electron chi connectivity index (χ0n) is 22.0. The summed E-state index contributed by atoms with van der Waals surface area (Å²) in [6.07, 6.45) is 3.85. The number of methoxy groups -OCH3 is 1. The van der Waals surface area contributed by atoms with Crippen molar-refractivity contribution < 1.29 is 36.9 Å². The van der Waals surface area contributed by atoms with E-state index in [0.29, 0.717) is 18.3 Å². The lowest BCUT2D eigenvalue weighted by molar-refractivity contribution is -0.152. The average Bonchev–Trinajstić information content (AvgIpc) is 3.44. The van der Waals surface area contributed by atoms with Gasteiger partial charge in [0.05, 0.1) is 42.7 Å². The fourth-order valence-corrected chi connectivity index (χ4v) is 1.12. The molecule has 0 atom stereocenters. The highest BCUT2D eigenvalue weighted by Gasteiger charge is 2.22. The van der Waals surface area contributed by atoms with Crippen molar-refractivity contribution in [3.63, 3.8) is 0 Å². The van der Waals surface area contributed by atoms with Crippen molar-refractivity contribution in [2.75, 3.05) is 20.6 Å². The highest BCUT2D eigenvalue weighted by Crippen LogP contribution is 2.24. The fraction of sp³-hybridized carbons (Fsp3) is 0.957. The van der Waals surface area contributed by atoms with Crippen LogP contribution < -0.4 is 0 Å². The number of hydrogen-bond donors (Lipinski definition) is 0. The molecule has 1 fully saturated rings. The summed E-state index contributed by atoms with van der Waals surface area (Å²) in [5, 5.41) is 7.94. The van der Waals surface area contributed by atoms with Gasteiger partial charge >= 0.3 is 6.61 Å². The Morgan fingerprint density at radius 1 is 0.781 bits per heavy atom. The van der Waals surface area contributed by atoms with Gasteiger partial charge in [-0.25, -0.2) is 4.39 Å². The molecule has 9 heteroatoms. The van der Waals surface area contributed by atoms with Crippen LogP contribution in [0.15, 0.2) is 0 Å². The van der Waals surface area contributed by atoms with Gasteiger partial charge in [0, 0.05) is 7.11 Å². The molecule has 0 unspecified atom stereocenters. The fourth-order valence-electron chi connectivity index (χ4n) is 1.12. The number of nitriles is 1. The minimum atomic E-state index is -2.63. The molecule has 0 saturated heterocycles. The Bertz CT molecular complexity index is 370. The summed E-state index contributed by atoms with van der Waals surface area (Å²) in [4.78, 5) is 0. The van der Waals surface area contributed by atoms with Gasteiger partial charge in [-0.15, -0.1) is 0 Å². The summed E-state index contributed by atoms with van der Waals surface area (Å²) in [6.45, 7) is 15.6. The standard InChI is InChI=1S/C6H12O.C5H9NO.C4H8F2O.C4H9FO.C4H10O/c1-5(2)7-6-3-4-6;1-5(2)7-4-3-6;1-3(2)7-4(5)6;1-4(2)6-3-5;1-4(2)5-3/h5-6H,3-4H2,1-2H3;5H,4H2,1-2H3;3-4H,1-2H3;4H,3H2,1-2H3;4H,1-3H3. The molecule has 0 bridgehead atoms. The van der Waals surface area contributed by atoms with E-state index in [0.717, 1.165) is 0 Å². The molecular weight excluding hydrogens is 427 g/mol. The van der Waals surface area contributed by atoms with Crippen molar-refractivity contribution in [2.45, 2.75) is 125 Å². The smallest absolute Gasteiger partial charge is 0.345 e. The predicted molar refractivity (Wildman–Crippen MR) is 123 cm³/mol. The number of alkyl halides is 3. The van der Waals surface area contributed by atoms with E-state index in [1.165, 1.54) is 12.8 Å². The first-order chi connectivity index (χ1) is 14.7. The SMILES string of the molecule is CC(C)OC(F)F.CC(C)OC1CC1.CC(C)OCC#N.CC(C)OCF.COC(C)C. The molecule has 1 rings (SSSR count). The maximum absolute atomic E-state index is 11.1. The van der Waals surface area contributed by atoms with Crippen molar-refractivity contribution in [3.8, 4) is 6.07 Å². The van der Waals surface area contributed by atoms with Crippen LogP contribution in [0.2, 0.25) is 0 Å². The van der Waals surface area contributed by atoms with Crippen LogP contribution in [0.5, 0.6) is 0 Å². The van der Waals surface area contributed by atoms with E-state index in [2.05, 4.69) is 23.3 Å². The predicted octanol–water partition coefficient (Wildman–Crippen LogP) is 6.52. The third-order valence-electron chi connectivity index (χ3n) is 2.71. The zero-order valence-corrected chi connectivity index (χ0v) is 22.0. The van der Waals surface area contributed by atoms with Gasteiger partial charge in [-0.2, -0.15) is 14.0 Å². The second-order valence-corrected chi connectivity index (χ2v) is 7.96. The highest BCUT2D eigenvalue weighted by atomic mass is 19.3. The lowest BCUT2D eigenvalue weighted by atomic mass is 10.5. The molecular formula is C23H48F3NO5. The van der Waals surface area contributed by atoms with Crippen molar-refractivity contribution in [2.24, 2.45) is 0 Å². The van der Waals surface area contributed by atoms with E-state index in [1.54, 1.807) is 34.8 Å². The minimum Gasteiger partial charge on any atom is -0.382 e. The molecule has 0 aliphatic heterocycles. The number of nitrogens with zero attached hydrogens (tertiary/aromatic N) is 1. The van der Waals surface area contributed by atoms with Gasteiger partial charge in [0.15, 0.2) is 6.86 Å². The molecule has 1 aliphatic rings. The molecule has 32 heavy (non-hydrogen) atoms. The van der Waals surface area contributed by atoms with E-state index in [9.17, 15) is 13.2 Å². The van der Waals surface area contributed by atoms with Crippen molar-refractivity contribution in [1.82, 2.24) is 0 Å². The van der Waals surface area contributed by atoms with Crippen LogP contribution in [0.3, 0.4) is 0 Å². The van der Waals surface area contributed by atoms with Crippen LogP contribution in [-0.4, -0.2) is 63.8 Å². The van der Waals surface area contributed by atoms with E-state index < -0.39 is 13.5 Å². The maximum Gasteiger partial charge on any atom is 0.345 e. The van der Waals surface area contributed by atoms with Crippen molar-refractivity contribution in [1.29, 1.82) is 5.26 Å². The molecule has 0 spiro atoms. The molecule has 0 aromatic carbocycles. The lowest BCUT2D eigenvalue weighted by Gasteiger charge is -2.02. The average molecular weight is 476 g/mol. The van der Waals surface area contributed by atoms with Gasteiger partial charge in [-0.3, -0.25) is 0 Å². The van der Waals surface area contributed by atoms with Gasteiger partial charge in [-0.05, 0) is 82.1 Å². The van der Waals surface area contributed by atoms with Crippen LogP contribution >= 0.6 is 0 Å². The van der Waals surface area contributed by atoms with E-state index in [4.69, 9.17) is 19.5 Å². The van der Waals surface area contributed by atoms with Gasteiger partial charge in [0.25, 0.3) is 0 Å². The normalized spacial score (nSPS) is 12.3. The summed E-state index contributed by atoms with van der Waals surface area (Å²) >= 11 is 0. The minimum absolute atomic E-state index is 0.0231. The Labute approximate surface area is 194 Å².